The van der Waals surface area contributed by atoms with Crippen LogP contribution in [-0.4, -0.2) is 40.7 Å². The van der Waals surface area contributed by atoms with E-state index in [1.54, 1.807) is 13.0 Å². The number of hydrogen-bond donors (Lipinski definition) is 1. The van der Waals surface area contributed by atoms with Crippen LogP contribution >= 0.6 is 15.9 Å². The van der Waals surface area contributed by atoms with Crippen molar-refractivity contribution < 1.29 is 14.4 Å². The highest BCUT2D eigenvalue weighted by Gasteiger charge is 2.27. The van der Waals surface area contributed by atoms with Crippen LogP contribution in [0.2, 0.25) is 0 Å². The first-order chi connectivity index (χ1) is 13.0. The summed E-state index contributed by atoms with van der Waals surface area (Å²) >= 11 is 3.45. The van der Waals surface area contributed by atoms with Crippen LogP contribution in [0.3, 0.4) is 0 Å². The Kier molecular flexibility index (Phi) is 6.01. The van der Waals surface area contributed by atoms with Gasteiger partial charge in [0.2, 0.25) is 11.8 Å². The third kappa shape index (κ3) is 4.60. The molecule has 1 fully saturated rings. The molecule has 3 amide bonds. The fourth-order valence-electron chi connectivity index (χ4n) is 3.02. The van der Waals surface area contributed by atoms with Crippen LogP contribution in [0, 0.1) is 6.92 Å². The van der Waals surface area contributed by atoms with E-state index in [4.69, 9.17) is 0 Å². The first-order valence-corrected chi connectivity index (χ1v) is 9.60. The highest BCUT2D eigenvalue weighted by atomic mass is 79.9. The second-order valence-electron chi connectivity index (χ2n) is 6.39. The Morgan fingerprint density at radius 2 is 1.93 bits per heavy atom. The molecule has 0 aliphatic carbocycles. The molecule has 27 heavy (non-hydrogen) atoms. The largest absolute Gasteiger partial charge is 0.352 e. The molecule has 0 atom stereocenters. The predicted molar refractivity (Wildman–Crippen MR) is 105 cm³/mol. The van der Waals surface area contributed by atoms with E-state index < -0.39 is 0 Å². The van der Waals surface area contributed by atoms with Crippen LogP contribution in [0.5, 0.6) is 0 Å². The molecule has 0 radical (unpaired) electrons. The molecular weight excluding hydrogens is 410 g/mol. The SMILES string of the molecule is Cc1nc(-c2cccc(Br)c2)ccc1C(=O)NCCCN1C(=O)CCC1=O. The van der Waals surface area contributed by atoms with Gasteiger partial charge in [-0.2, -0.15) is 0 Å². The number of pyridine rings is 1. The summed E-state index contributed by atoms with van der Waals surface area (Å²) in [6.45, 7) is 2.54. The van der Waals surface area contributed by atoms with Crippen molar-refractivity contribution in [2.75, 3.05) is 13.1 Å². The number of imide groups is 1. The number of aromatic nitrogens is 1. The van der Waals surface area contributed by atoms with Crippen molar-refractivity contribution in [1.82, 2.24) is 15.2 Å². The Hall–Kier alpha value is -2.54. The van der Waals surface area contributed by atoms with Crippen LogP contribution in [0.4, 0.5) is 0 Å². The summed E-state index contributed by atoms with van der Waals surface area (Å²) in [6.07, 6.45) is 1.12. The van der Waals surface area contributed by atoms with E-state index in [0.717, 1.165) is 15.7 Å². The zero-order valence-corrected chi connectivity index (χ0v) is 16.6. The molecule has 1 aromatic heterocycles. The van der Waals surface area contributed by atoms with Gasteiger partial charge < -0.3 is 5.32 Å². The summed E-state index contributed by atoms with van der Waals surface area (Å²) in [5.41, 5.74) is 2.94. The maximum Gasteiger partial charge on any atom is 0.253 e. The number of aryl methyl sites for hydroxylation is 1. The zero-order chi connectivity index (χ0) is 19.4. The molecule has 1 aliphatic heterocycles. The topological polar surface area (TPSA) is 79.4 Å². The van der Waals surface area contributed by atoms with Gasteiger partial charge in [0.25, 0.3) is 5.91 Å². The van der Waals surface area contributed by atoms with Crippen molar-refractivity contribution in [3.05, 3.63) is 52.1 Å². The molecule has 0 unspecified atom stereocenters. The molecule has 2 heterocycles. The standard InChI is InChI=1S/C20H20BrN3O3/c1-13-16(6-7-17(23-13)14-4-2-5-15(21)12-14)20(27)22-10-3-11-24-18(25)8-9-19(24)26/h2,4-7,12H,3,8-11H2,1H3,(H,22,27). The van der Waals surface area contributed by atoms with Gasteiger partial charge >= 0.3 is 0 Å². The number of carbonyl (C=O) groups is 3. The summed E-state index contributed by atoms with van der Waals surface area (Å²) < 4.78 is 0.969. The fraction of sp³-hybridized carbons (Fsp3) is 0.300. The summed E-state index contributed by atoms with van der Waals surface area (Å²) in [5.74, 6) is -0.469. The summed E-state index contributed by atoms with van der Waals surface area (Å²) in [6, 6.07) is 11.4. The maximum absolute atomic E-state index is 12.4. The molecule has 1 saturated heterocycles. The van der Waals surface area contributed by atoms with E-state index in [9.17, 15) is 14.4 Å². The van der Waals surface area contributed by atoms with Gasteiger partial charge in [0.1, 0.15) is 0 Å². The summed E-state index contributed by atoms with van der Waals surface area (Å²) in [4.78, 5) is 41.3. The lowest BCUT2D eigenvalue weighted by Gasteiger charge is -2.14. The third-order valence-electron chi connectivity index (χ3n) is 4.45. The zero-order valence-electron chi connectivity index (χ0n) is 15.0. The Labute approximate surface area is 166 Å². The molecule has 7 heteroatoms. The average Bonchev–Trinajstić information content (AvgIpc) is 2.96. The van der Waals surface area contributed by atoms with E-state index in [1.165, 1.54) is 4.90 Å². The minimum absolute atomic E-state index is 0.130. The van der Waals surface area contributed by atoms with Crippen LogP contribution in [0.15, 0.2) is 40.9 Å². The molecule has 6 nitrogen and oxygen atoms in total. The van der Waals surface area contributed by atoms with Gasteiger partial charge in [-0.3, -0.25) is 24.3 Å². The number of rotatable bonds is 6. The van der Waals surface area contributed by atoms with Crippen molar-refractivity contribution >= 4 is 33.7 Å². The fourth-order valence-corrected chi connectivity index (χ4v) is 3.42. The van der Waals surface area contributed by atoms with Crippen LogP contribution < -0.4 is 5.32 Å². The molecule has 0 bridgehead atoms. The Balaban J connectivity index is 1.57. The molecular formula is C20H20BrN3O3. The van der Waals surface area contributed by atoms with Gasteiger partial charge in [-0.1, -0.05) is 28.1 Å². The molecule has 2 aromatic rings. The first kappa shape index (κ1) is 19.2. The van der Waals surface area contributed by atoms with Gasteiger partial charge in [0.15, 0.2) is 0 Å². The number of carbonyl (C=O) groups excluding carboxylic acids is 3. The van der Waals surface area contributed by atoms with E-state index in [-0.39, 0.29) is 17.7 Å². The second-order valence-corrected chi connectivity index (χ2v) is 7.30. The first-order valence-electron chi connectivity index (χ1n) is 8.80. The number of amides is 3. The Morgan fingerprint density at radius 1 is 1.19 bits per heavy atom. The Bertz CT molecular complexity index is 882. The quantitative estimate of drug-likeness (QED) is 0.565. The van der Waals surface area contributed by atoms with Crippen molar-refractivity contribution in [3.63, 3.8) is 0 Å². The van der Waals surface area contributed by atoms with Crippen molar-refractivity contribution in [3.8, 4) is 11.3 Å². The van der Waals surface area contributed by atoms with Gasteiger partial charge in [0.05, 0.1) is 17.0 Å². The highest BCUT2D eigenvalue weighted by Crippen LogP contribution is 2.22. The number of nitrogens with zero attached hydrogens (tertiary/aromatic N) is 2. The third-order valence-corrected chi connectivity index (χ3v) is 4.94. The minimum Gasteiger partial charge on any atom is -0.352 e. The van der Waals surface area contributed by atoms with Gasteiger partial charge in [0, 0.05) is 36.0 Å². The maximum atomic E-state index is 12.4. The van der Waals surface area contributed by atoms with Crippen molar-refractivity contribution in [1.29, 1.82) is 0 Å². The van der Waals surface area contributed by atoms with E-state index >= 15 is 0 Å². The molecule has 140 valence electrons. The number of nitrogens with one attached hydrogen (secondary N) is 1. The molecule has 1 N–H and O–H groups in total. The van der Waals surface area contributed by atoms with E-state index in [2.05, 4.69) is 26.2 Å². The summed E-state index contributed by atoms with van der Waals surface area (Å²) in [7, 11) is 0. The Morgan fingerprint density at radius 3 is 2.59 bits per heavy atom. The number of hydrogen-bond acceptors (Lipinski definition) is 4. The second kappa shape index (κ2) is 8.43. The monoisotopic (exact) mass is 429 g/mol. The lowest BCUT2D eigenvalue weighted by atomic mass is 10.1. The van der Waals surface area contributed by atoms with Crippen LogP contribution in [0.25, 0.3) is 11.3 Å². The molecule has 1 aromatic carbocycles. The van der Waals surface area contributed by atoms with Crippen LogP contribution in [-0.2, 0) is 9.59 Å². The summed E-state index contributed by atoms with van der Waals surface area (Å²) in [5, 5.41) is 2.83. The lowest BCUT2D eigenvalue weighted by Crippen LogP contribution is -2.33. The smallest absolute Gasteiger partial charge is 0.253 e. The normalized spacial score (nSPS) is 13.9. The lowest BCUT2D eigenvalue weighted by molar-refractivity contribution is -0.138. The number of halogens is 1. The van der Waals surface area contributed by atoms with E-state index in [1.807, 2.05) is 30.3 Å². The van der Waals surface area contributed by atoms with Gasteiger partial charge in [-0.05, 0) is 37.6 Å². The number of benzene rings is 1. The van der Waals surface area contributed by atoms with Gasteiger partial charge in [-0.15, -0.1) is 0 Å². The minimum atomic E-state index is -0.208. The van der Waals surface area contributed by atoms with Crippen molar-refractivity contribution in [2.45, 2.75) is 26.2 Å². The highest BCUT2D eigenvalue weighted by molar-refractivity contribution is 9.10. The number of likely N-dealkylation sites (tertiary alicyclic amines) is 1. The average molecular weight is 430 g/mol. The van der Waals surface area contributed by atoms with E-state index in [0.29, 0.717) is 43.6 Å². The molecule has 1 aliphatic rings. The molecule has 0 spiro atoms. The van der Waals surface area contributed by atoms with Gasteiger partial charge in [-0.25, -0.2) is 0 Å². The predicted octanol–water partition coefficient (Wildman–Crippen LogP) is 3.09. The molecule has 0 saturated carbocycles. The van der Waals surface area contributed by atoms with Crippen LogP contribution in [0.1, 0.15) is 35.3 Å². The van der Waals surface area contributed by atoms with Crippen molar-refractivity contribution in [2.24, 2.45) is 0 Å². The molecule has 3 rings (SSSR count).